The molecule has 0 bridgehead atoms. The van der Waals surface area contributed by atoms with Crippen LogP contribution < -0.4 is 0 Å². The second kappa shape index (κ2) is 23.8. The molecule has 3 heteroatoms. The lowest BCUT2D eigenvalue weighted by Crippen LogP contribution is -2.21. The van der Waals surface area contributed by atoms with Crippen molar-refractivity contribution in [3.63, 3.8) is 0 Å². The number of unbranched alkanes of at least 4 members (excludes halogenated alkanes) is 16. The van der Waals surface area contributed by atoms with Crippen LogP contribution in [0.2, 0.25) is 0 Å². The number of benzene rings is 1. The van der Waals surface area contributed by atoms with Gasteiger partial charge in [-0.15, -0.1) is 11.8 Å². The van der Waals surface area contributed by atoms with E-state index in [0.29, 0.717) is 6.61 Å². The van der Waals surface area contributed by atoms with Crippen LogP contribution in [0.3, 0.4) is 0 Å². The van der Waals surface area contributed by atoms with E-state index in [0.717, 1.165) is 31.4 Å². The summed E-state index contributed by atoms with van der Waals surface area (Å²) in [7, 11) is 0. The molecule has 0 saturated carbocycles. The highest BCUT2D eigenvalue weighted by molar-refractivity contribution is 7.99. The van der Waals surface area contributed by atoms with Crippen LogP contribution in [0.15, 0.2) is 30.3 Å². The standard InChI is InChI=1S/C31H54O2S/c1-3-5-7-8-9-10-11-12-13-14-15-16-17-18-19-23-27-33-31(32)30(26-6-4-2)34-28-29-24-21-20-22-25-29/h20-22,24-25,30H,3-19,23,26-28H2,1-2H3. The summed E-state index contributed by atoms with van der Waals surface area (Å²) < 4.78 is 5.65. The van der Waals surface area contributed by atoms with Gasteiger partial charge in [0.15, 0.2) is 0 Å². The lowest BCUT2D eigenvalue weighted by molar-refractivity contribution is -0.143. The number of hydrogen-bond donors (Lipinski definition) is 0. The minimum absolute atomic E-state index is 0.00431. The fourth-order valence-electron chi connectivity index (χ4n) is 4.35. The fourth-order valence-corrected chi connectivity index (χ4v) is 5.47. The molecule has 0 aliphatic rings. The predicted molar refractivity (Wildman–Crippen MR) is 152 cm³/mol. The molecule has 0 amide bonds. The van der Waals surface area contributed by atoms with Gasteiger partial charge in [0.2, 0.25) is 0 Å². The monoisotopic (exact) mass is 490 g/mol. The van der Waals surface area contributed by atoms with Crippen molar-refractivity contribution in [1.82, 2.24) is 0 Å². The van der Waals surface area contributed by atoms with E-state index in [1.54, 1.807) is 11.8 Å². The summed E-state index contributed by atoms with van der Waals surface area (Å²) in [6.07, 6.45) is 24.9. The molecular weight excluding hydrogens is 436 g/mol. The van der Waals surface area contributed by atoms with Gasteiger partial charge in [-0.05, 0) is 18.4 Å². The van der Waals surface area contributed by atoms with Crippen molar-refractivity contribution >= 4 is 17.7 Å². The van der Waals surface area contributed by atoms with Crippen molar-refractivity contribution in [3.8, 4) is 0 Å². The number of hydrogen-bond acceptors (Lipinski definition) is 3. The highest BCUT2D eigenvalue weighted by Crippen LogP contribution is 2.23. The van der Waals surface area contributed by atoms with Gasteiger partial charge in [-0.1, -0.05) is 153 Å². The molecule has 0 N–H and O–H groups in total. The van der Waals surface area contributed by atoms with E-state index in [1.165, 1.54) is 102 Å². The van der Waals surface area contributed by atoms with Gasteiger partial charge in [0.1, 0.15) is 5.25 Å². The number of thioether (sulfide) groups is 1. The number of esters is 1. The first-order valence-corrected chi connectivity index (χ1v) is 15.6. The van der Waals surface area contributed by atoms with Gasteiger partial charge in [0, 0.05) is 5.75 Å². The first-order valence-electron chi connectivity index (χ1n) is 14.6. The summed E-state index contributed by atoms with van der Waals surface area (Å²) in [6.45, 7) is 5.06. The van der Waals surface area contributed by atoms with Crippen LogP contribution in [0.1, 0.15) is 141 Å². The summed E-state index contributed by atoms with van der Waals surface area (Å²) in [5, 5.41) is -0.0267. The third-order valence-electron chi connectivity index (χ3n) is 6.62. The number of carbonyl (C=O) groups is 1. The lowest BCUT2D eigenvalue weighted by Gasteiger charge is -2.15. The van der Waals surface area contributed by atoms with Gasteiger partial charge in [-0.3, -0.25) is 4.79 Å². The molecule has 1 rings (SSSR count). The average molecular weight is 491 g/mol. The van der Waals surface area contributed by atoms with E-state index in [9.17, 15) is 4.79 Å². The SMILES string of the molecule is CCCCCCCCCCCCCCCCCCOC(=O)C(CCCC)SCc1ccccc1. The van der Waals surface area contributed by atoms with E-state index in [-0.39, 0.29) is 11.2 Å². The van der Waals surface area contributed by atoms with Gasteiger partial charge in [-0.25, -0.2) is 0 Å². The van der Waals surface area contributed by atoms with E-state index >= 15 is 0 Å². The maximum atomic E-state index is 12.6. The Bertz CT molecular complexity index is 560. The van der Waals surface area contributed by atoms with Gasteiger partial charge in [-0.2, -0.15) is 0 Å². The molecule has 1 atom stereocenters. The van der Waals surface area contributed by atoms with Crippen LogP contribution in [-0.4, -0.2) is 17.8 Å². The van der Waals surface area contributed by atoms with Crippen molar-refractivity contribution in [2.24, 2.45) is 0 Å². The van der Waals surface area contributed by atoms with Gasteiger partial charge in [0.05, 0.1) is 6.61 Å². The van der Waals surface area contributed by atoms with Crippen LogP contribution in [0.5, 0.6) is 0 Å². The molecule has 1 aromatic carbocycles. The fraction of sp³-hybridized carbons (Fsp3) is 0.774. The second-order valence-electron chi connectivity index (χ2n) is 9.90. The summed E-state index contributed by atoms with van der Waals surface area (Å²) in [5.41, 5.74) is 1.28. The molecule has 0 aliphatic heterocycles. The molecule has 2 nitrogen and oxygen atoms in total. The topological polar surface area (TPSA) is 26.3 Å². The van der Waals surface area contributed by atoms with Crippen molar-refractivity contribution in [2.75, 3.05) is 6.61 Å². The Balaban J connectivity index is 1.95. The molecule has 1 aromatic rings. The van der Waals surface area contributed by atoms with Gasteiger partial charge < -0.3 is 4.74 Å². The van der Waals surface area contributed by atoms with Crippen LogP contribution in [-0.2, 0) is 15.3 Å². The normalized spacial score (nSPS) is 12.1. The summed E-state index contributed by atoms with van der Waals surface area (Å²) in [4.78, 5) is 12.6. The quantitative estimate of drug-likeness (QED) is 0.106. The van der Waals surface area contributed by atoms with Crippen molar-refractivity contribution in [2.45, 2.75) is 147 Å². The first-order chi connectivity index (χ1) is 16.8. The number of ether oxygens (including phenoxy) is 1. The average Bonchev–Trinajstić information content (AvgIpc) is 2.86. The van der Waals surface area contributed by atoms with E-state index < -0.39 is 0 Å². The Hall–Kier alpha value is -0.960. The summed E-state index contributed by atoms with van der Waals surface area (Å²) in [6, 6.07) is 10.4. The molecule has 0 spiro atoms. The minimum atomic E-state index is -0.0267. The van der Waals surface area contributed by atoms with Crippen molar-refractivity contribution in [1.29, 1.82) is 0 Å². The van der Waals surface area contributed by atoms with Crippen LogP contribution in [0, 0.1) is 0 Å². The Labute approximate surface area is 216 Å². The molecule has 34 heavy (non-hydrogen) atoms. The molecule has 1 unspecified atom stereocenters. The molecule has 196 valence electrons. The maximum Gasteiger partial charge on any atom is 0.319 e. The van der Waals surface area contributed by atoms with Gasteiger partial charge >= 0.3 is 5.97 Å². The number of rotatable bonds is 24. The number of carbonyl (C=O) groups excluding carboxylic acids is 1. The zero-order valence-electron chi connectivity index (χ0n) is 22.5. The third kappa shape index (κ3) is 18.4. The van der Waals surface area contributed by atoms with Crippen molar-refractivity contribution < 1.29 is 9.53 Å². The molecule has 0 radical (unpaired) electrons. The van der Waals surface area contributed by atoms with Crippen LogP contribution in [0.4, 0.5) is 0 Å². The van der Waals surface area contributed by atoms with E-state index in [4.69, 9.17) is 4.74 Å². The Morgan fingerprint density at radius 3 is 1.65 bits per heavy atom. The highest BCUT2D eigenvalue weighted by atomic mass is 32.2. The van der Waals surface area contributed by atoms with Crippen LogP contribution in [0.25, 0.3) is 0 Å². The lowest BCUT2D eigenvalue weighted by atomic mass is 10.0. The minimum Gasteiger partial charge on any atom is -0.465 e. The van der Waals surface area contributed by atoms with E-state index in [1.807, 2.05) is 6.07 Å². The summed E-state index contributed by atoms with van der Waals surface area (Å²) >= 11 is 1.74. The van der Waals surface area contributed by atoms with Crippen LogP contribution >= 0.6 is 11.8 Å². The Morgan fingerprint density at radius 2 is 1.15 bits per heavy atom. The molecule has 0 saturated heterocycles. The molecule has 0 fully saturated rings. The largest absolute Gasteiger partial charge is 0.465 e. The van der Waals surface area contributed by atoms with Crippen molar-refractivity contribution in [3.05, 3.63) is 35.9 Å². The predicted octanol–water partition coefficient (Wildman–Crippen LogP) is 10.3. The zero-order valence-corrected chi connectivity index (χ0v) is 23.4. The Kier molecular flexibility index (Phi) is 21.7. The maximum absolute atomic E-state index is 12.6. The second-order valence-corrected chi connectivity index (χ2v) is 11.1. The highest BCUT2D eigenvalue weighted by Gasteiger charge is 2.20. The van der Waals surface area contributed by atoms with E-state index in [2.05, 4.69) is 38.1 Å². The smallest absolute Gasteiger partial charge is 0.319 e. The molecule has 0 aromatic heterocycles. The molecular formula is C31H54O2S. The molecule has 0 aliphatic carbocycles. The Morgan fingerprint density at radius 1 is 0.676 bits per heavy atom. The summed E-state index contributed by atoms with van der Waals surface area (Å²) in [5.74, 6) is 0.874. The molecule has 0 heterocycles. The third-order valence-corrected chi connectivity index (χ3v) is 7.95. The first kappa shape index (κ1) is 31.1. The van der Waals surface area contributed by atoms with Gasteiger partial charge in [0.25, 0.3) is 0 Å². The zero-order chi connectivity index (χ0) is 24.5.